The molecule has 1 saturated heterocycles. The van der Waals surface area contributed by atoms with Gasteiger partial charge in [-0.2, -0.15) is 0 Å². The summed E-state index contributed by atoms with van der Waals surface area (Å²) in [7, 11) is 0. The van der Waals surface area contributed by atoms with Gasteiger partial charge in [-0.05, 0) is 42.2 Å². The molecule has 13 heteroatoms. The molecule has 1 fully saturated rings. The van der Waals surface area contributed by atoms with E-state index in [1.807, 2.05) is 12.1 Å². The van der Waals surface area contributed by atoms with Crippen LogP contribution in [0.5, 0.6) is 5.75 Å². The molecule has 2 aromatic rings. The number of aliphatic hydroxyl groups is 1. The van der Waals surface area contributed by atoms with Gasteiger partial charge in [0.1, 0.15) is 23.7 Å². The van der Waals surface area contributed by atoms with Crippen molar-refractivity contribution >= 4 is 23.7 Å². The van der Waals surface area contributed by atoms with Crippen LogP contribution in [0.1, 0.15) is 46.5 Å². The van der Waals surface area contributed by atoms with E-state index in [9.17, 15) is 19.1 Å². The molecule has 2 aromatic carbocycles. The number of carbonyl (C=O) groups excluding carboxylic acids is 2. The first-order valence-corrected chi connectivity index (χ1v) is 13.6. The van der Waals surface area contributed by atoms with E-state index in [-0.39, 0.29) is 36.3 Å². The molecule has 0 bridgehead atoms. The minimum absolute atomic E-state index is 0.0617. The molecule has 9 N–H and O–H groups in total. The third kappa shape index (κ3) is 4.31. The second-order valence-corrected chi connectivity index (χ2v) is 11.6. The molecule has 4 aliphatic heterocycles. The lowest BCUT2D eigenvalue weighted by atomic mass is 9.79. The quantitative estimate of drug-likeness (QED) is 0.214. The summed E-state index contributed by atoms with van der Waals surface area (Å²) >= 11 is 0. The van der Waals surface area contributed by atoms with E-state index in [0.717, 1.165) is 12.0 Å². The highest BCUT2D eigenvalue weighted by molar-refractivity contribution is 5.98. The Labute approximate surface area is 236 Å². The Balaban J connectivity index is 1.22. The molecule has 4 heterocycles. The molecule has 0 aliphatic carbocycles. The molecular weight excluding hydrogens is 531 g/mol. The fraction of sp³-hybridized carbons (Fsp3) is 0.429. The van der Waals surface area contributed by atoms with Gasteiger partial charge in [0.2, 0.25) is 5.66 Å². The summed E-state index contributed by atoms with van der Waals surface area (Å²) in [6.07, 6.45) is -0.322. The van der Waals surface area contributed by atoms with E-state index in [4.69, 9.17) is 16.2 Å². The number of carbonyl (C=O) groups is 2. The first-order chi connectivity index (χ1) is 19.5. The molecule has 0 aromatic heterocycles. The first-order valence-electron chi connectivity index (χ1n) is 13.6. The summed E-state index contributed by atoms with van der Waals surface area (Å²) in [4.78, 5) is 35.6. The number of fused-ring (bicyclic) bond motifs is 1. The molecule has 4 aliphatic rings. The van der Waals surface area contributed by atoms with Gasteiger partial charge in [0, 0.05) is 24.2 Å². The number of nitrogens with one attached hydrogen (secondary N) is 4. The Kier molecular flexibility index (Phi) is 6.29. The number of nitrogens with zero attached hydrogens (tertiary/aromatic N) is 2. The molecule has 0 radical (unpaired) electrons. The lowest BCUT2D eigenvalue weighted by molar-refractivity contribution is -0.513. The topological polar surface area (TPSA) is 181 Å². The van der Waals surface area contributed by atoms with Gasteiger partial charge in [0.05, 0.1) is 18.2 Å². The summed E-state index contributed by atoms with van der Waals surface area (Å²) in [6.45, 7) is 4.97. The van der Waals surface area contributed by atoms with Gasteiger partial charge in [-0.25, -0.2) is 14.7 Å². The van der Waals surface area contributed by atoms with Crippen LogP contribution in [-0.2, 0) is 5.41 Å². The van der Waals surface area contributed by atoms with Crippen molar-refractivity contribution in [2.24, 2.45) is 16.5 Å². The van der Waals surface area contributed by atoms with Gasteiger partial charge >= 0.3 is 5.96 Å². The maximum atomic E-state index is 13.5. The molecule has 2 unspecified atom stereocenters. The molecule has 12 nitrogen and oxygen atoms in total. The van der Waals surface area contributed by atoms with E-state index in [1.165, 1.54) is 24.3 Å². The molecule has 41 heavy (non-hydrogen) atoms. The fourth-order valence-corrected chi connectivity index (χ4v) is 6.38. The maximum Gasteiger partial charge on any atom is 0.343 e. The zero-order chi connectivity index (χ0) is 29.1. The number of aliphatic hydroxyl groups excluding tert-OH is 1. The highest BCUT2D eigenvalue weighted by Gasteiger charge is 2.68. The van der Waals surface area contributed by atoms with Crippen molar-refractivity contribution in [2.75, 3.05) is 19.7 Å². The van der Waals surface area contributed by atoms with Crippen LogP contribution in [0.4, 0.5) is 4.39 Å². The predicted molar refractivity (Wildman–Crippen MR) is 148 cm³/mol. The van der Waals surface area contributed by atoms with Crippen LogP contribution in [-0.4, -0.2) is 83.3 Å². The second kappa shape index (κ2) is 9.61. The number of aliphatic imine (C=N–C) groups is 1. The zero-order valence-electron chi connectivity index (χ0n) is 22.8. The molecular formula is C28H34FN8O4+. The van der Waals surface area contributed by atoms with Crippen LogP contribution in [0.2, 0.25) is 0 Å². The lowest BCUT2D eigenvalue weighted by Crippen LogP contribution is -2.88. The molecule has 216 valence electrons. The largest absolute Gasteiger partial charge is 0.492 e. The van der Waals surface area contributed by atoms with E-state index in [1.54, 1.807) is 11.0 Å². The van der Waals surface area contributed by atoms with Gasteiger partial charge in [-0.3, -0.25) is 20.3 Å². The van der Waals surface area contributed by atoms with Gasteiger partial charge in [-0.15, -0.1) is 0 Å². The van der Waals surface area contributed by atoms with Crippen LogP contribution in [0.25, 0.3) is 0 Å². The SMILES string of the molecule is CC1(C)CCOc2c(C(=O)NC3CN4C(N)=N[C@@H](CNC(=O)c5ccc(F)cc5)[C@@H]5[NH+]=C(N)NC54[C@@H]3O)cccc21. The fourth-order valence-electron chi connectivity index (χ4n) is 6.38. The Hall–Kier alpha value is -4.39. The average Bonchev–Trinajstić information content (AvgIpc) is 3.43. The van der Waals surface area contributed by atoms with Crippen LogP contribution in [0.3, 0.4) is 0 Å². The zero-order valence-corrected chi connectivity index (χ0v) is 22.8. The summed E-state index contributed by atoms with van der Waals surface area (Å²) in [5.41, 5.74) is 12.8. The van der Waals surface area contributed by atoms with Crippen LogP contribution in [0.15, 0.2) is 47.5 Å². The van der Waals surface area contributed by atoms with Gasteiger partial charge < -0.3 is 31.1 Å². The summed E-state index contributed by atoms with van der Waals surface area (Å²) < 4.78 is 19.2. The minimum Gasteiger partial charge on any atom is -0.492 e. The van der Waals surface area contributed by atoms with Crippen molar-refractivity contribution in [3.05, 3.63) is 65.0 Å². The van der Waals surface area contributed by atoms with E-state index in [0.29, 0.717) is 23.5 Å². The normalized spacial score (nSPS) is 29.1. The van der Waals surface area contributed by atoms with Gasteiger partial charge in [0.25, 0.3) is 11.8 Å². The third-order valence-electron chi connectivity index (χ3n) is 8.59. The second-order valence-electron chi connectivity index (χ2n) is 11.6. The van der Waals surface area contributed by atoms with E-state index in [2.05, 4.69) is 39.8 Å². The van der Waals surface area contributed by atoms with Crippen molar-refractivity contribution in [3.8, 4) is 5.75 Å². The van der Waals surface area contributed by atoms with Crippen molar-refractivity contribution in [1.82, 2.24) is 20.9 Å². The van der Waals surface area contributed by atoms with Crippen molar-refractivity contribution in [2.45, 2.75) is 55.6 Å². The van der Waals surface area contributed by atoms with Gasteiger partial charge in [0.15, 0.2) is 12.0 Å². The monoisotopic (exact) mass is 565 g/mol. The number of nitrogens with two attached hydrogens (primary N) is 2. The number of benzene rings is 2. The molecule has 6 rings (SSSR count). The van der Waals surface area contributed by atoms with Crippen molar-refractivity contribution in [1.29, 1.82) is 0 Å². The minimum atomic E-state index is -1.23. The maximum absolute atomic E-state index is 13.5. The Morgan fingerprint density at radius 2 is 1.98 bits per heavy atom. The van der Waals surface area contributed by atoms with Gasteiger partial charge in [-0.1, -0.05) is 26.0 Å². The molecule has 2 amide bonds. The number of guanidine groups is 2. The molecule has 1 spiro atoms. The Morgan fingerprint density at radius 1 is 1.22 bits per heavy atom. The number of halogens is 1. The molecule has 0 saturated carbocycles. The predicted octanol–water partition coefficient (Wildman–Crippen LogP) is -2.15. The first kappa shape index (κ1) is 26.8. The average molecular weight is 566 g/mol. The standard InChI is InChI=1S/C28H33FN8O4/c1-27(2)10-11-41-20-16(4-3-5-17(20)27)24(40)33-19-13-37-26(31)34-18(21-28(37,22(19)38)36-25(30)35-21)12-32-23(39)14-6-8-15(29)9-7-14/h3-9,18-19,21-22,38H,10-13H2,1-2H3,(H2,31,34)(H,32,39)(H,33,40)(H3,30,35,36)/p+1/t18-,19?,21-,22+,28?/m0/s1. The van der Waals surface area contributed by atoms with E-state index >= 15 is 0 Å². The smallest absolute Gasteiger partial charge is 0.343 e. The van der Waals surface area contributed by atoms with Crippen LogP contribution < -0.4 is 37.1 Å². The van der Waals surface area contributed by atoms with E-state index < -0.39 is 41.6 Å². The summed E-state index contributed by atoms with van der Waals surface area (Å²) in [6, 6.07) is 8.74. The van der Waals surface area contributed by atoms with Crippen LogP contribution in [0, 0.1) is 5.82 Å². The highest BCUT2D eigenvalue weighted by Crippen LogP contribution is 2.41. The summed E-state index contributed by atoms with van der Waals surface area (Å²) in [5, 5.41) is 20.6. The van der Waals surface area contributed by atoms with Crippen LogP contribution >= 0.6 is 0 Å². The Morgan fingerprint density at radius 3 is 2.73 bits per heavy atom. The Bertz CT molecular complexity index is 1460. The van der Waals surface area contributed by atoms with Crippen molar-refractivity contribution in [3.63, 3.8) is 0 Å². The number of hydrogen-bond acceptors (Lipinski definition) is 9. The lowest BCUT2D eigenvalue weighted by Gasteiger charge is -2.43. The number of rotatable bonds is 5. The molecule has 5 atom stereocenters. The number of hydrogen-bond donors (Lipinski definition) is 7. The number of ether oxygens (including phenoxy) is 1. The number of para-hydroxylation sites is 1. The third-order valence-corrected chi connectivity index (χ3v) is 8.59. The summed E-state index contributed by atoms with van der Waals surface area (Å²) in [5.74, 6) is -0.341. The highest BCUT2D eigenvalue weighted by atomic mass is 19.1. The van der Waals surface area contributed by atoms with Crippen molar-refractivity contribution < 1.29 is 28.8 Å². The number of amides is 2.